The Balaban J connectivity index is 2.73. The van der Waals surface area contributed by atoms with Gasteiger partial charge in [-0.1, -0.05) is 12.1 Å². The number of hydrogen-bond donors (Lipinski definition) is 2. The lowest BCUT2D eigenvalue weighted by molar-refractivity contribution is 0.275. The third-order valence-corrected chi connectivity index (χ3v) is 3.83. The van der Waals surface area contributed by atoms with Crippen LogP contribution in [0, 0.1) is 11.3 Å². The molecule has 1 unspecified atom stereocenters. The van der Waals surface area contributed by atoms with Gasteiger partial charge >= 0.3 is 0 Å². The topological polar surface area (TPSA) is 90.2 Å². The van der Waals surface area contributed by atoms with Crippen LogP contribution in [-0.2, 0) is 15.8 Å². The van der Waals surface area contributed by atoms with E-state index in [-0.39, 0.29) is 18.4 Å². The highest BCUT2D eigenvalue weighted by Gasteiger charge is 2.15. The normalized spacial score (nSPS) is 12.9. The van der Waals surface area contributed by atoms with Gasteiger partial charge in [-0.25, -0.2) is 13.1 Å². The van der Waals surface area contributed by atoms with E-state index < -0.39 is 10.0 Å². The first-order valence-electron chi connectivity index (χ1n) is 5.57. The predicted octanol–water partition coefficient (Wildman–Crippen LogP) is 0.749. The standard InChI is InChI=1S/C12H16N2O3S/c1-10(5-6-15)14-18(16,17)9-12-4-2-3-11(7-12)8-13/h2-4,7,10,14-15H,5-6,9H2,1H3. The van der Waals surface area contributed by atoms with E-state index in [0.29, 0.717) is 17.5 Å². The highest BCUT2D eigenvalue weighted by atomic mass is 32.2. The van der Waals surface area contributed by atoms with Crippen molar-refractivity contribution in [3.8, 4) is 6.07 Å². The molecule has 6 heteroatoms. The summed E-state index contributed by atoms with van der Waals surface area (Å²) >= 11 is 0. The summed E-state index contributed by atoms with van der Waals surface area (Å²) < 4.78 is 26.1. The van der Waals surface area contributed by atoms with Crippen molar-refractivity contribution < 1.29 is 13.5 Å². The first-order valence-corrected chi connectivity index (χ1v) is 7.22. The second kappa shape index (κ2) is 6.50. The summed E-state index contributed by atoms with van der Waals surface area (Å²) in [6.45, 7) is 1.63. The molecule has 0 bridgehead atoms. The van der Waals surface area contributed by atoms with Crippen molar-refractivity contribution in [2.75, 3.05) is 6.61 Å². The van der Waals surface area contributed by atoms with Crippen LogP contribution in [0.1, 0.15) is 24.5 Å². The maximum Gasteiger partial charge on any atom is 0.216 e. The van der Waals surface area contributed by atoms with Gasteiger partial charge in [0.2, 0.25) is 10.0 Å². The van der Waals surface area contributed by atoms with Gasteiger partial charge in [0.25, 0.3) is 0 Å². The zero-order valence-corrected chi connectivity index (χ0v) is 10.9. The first kappa shape index (κ1) is 14.6. The van der Waals surface area contributed by atoms with E-state index in [1.165, 1.54) is 0 Å². The summed E-state index contributed by atoms with van der Waals surface area (Å²) in [4.78, 5) is 0. The van der Waals surface area contributed by atoms with Gasteiger partial charge in [0.1, 0.15) is 0 Å². The largest absolute Gasteiger partial charge is 0.396 e. The summed E-state index contributed by atoms with van der Waals surface area (Å²) in [5.74, 6) is -0.168. The van der Waals surface area contributed by atoms with Crippen molar-refractivity contribution in [3.63, 3.8) is 0 Å². The number of hydrogen-bond acceptors (Lipinski definition) is 4. The number of nitriles is 1. The van der Waals surface area contributed by atoms with E-state index in [2.05, 4.69) is 4.72 Å². The van der Waals surface area contributed by atoms with Crippen LogP contribution in [0.4, 0.5) is 0 Å². The highest BCUT2D eigenvalue weighted by Crippen LogP contribution is 2.08. The fourth-order valence-electron chi connectivity index (χ4n) is 1.55. The molecule has 0 saturated carbocycles. The van der Waals surface area contributed by atoms with Gasteiger partial charge in [-0.05, 0) is 31.0 Å². The SMILES string of the molecule is CC(CCO)NS(=O)(=O)Cc1cccc(C#N)c1. The van der Waals surface area contributed by atoms with Gasteiger partial charge in [0.05, 0.1) is 17.4 Å². The van der Waals surface area contributed by atoms with Gasteiger partial charge in [-0.15, -0.1) is 0 Å². The molecule has 1 aromatic carbocycles. The Labute approximate surface area is 107 Å². The Morgan fingerprint density at radius 1 is 1.50 bits per heavy atom. The number of sulfonamides is 1. The van der Waals surface area contributed by atoms with Crippen molar-refractivity contribution in [2.45, 2.75) is 25.1 Å². The van der Waals surface area contributed by atoms with Gasteiger partial charge < -0.3 is 5.11 Å². The molecule has 0 amide bonds. The minimum Gasteiger partial charge on any atom is -0.396 e. The number of nitrogens with zero attached hydrogens (tertiary/aromatic N) is 1. The van der Waals surface area contributed by atoms with E-state index in [9.17, 15) is 8.42 Å². The van der Waals surface area contributed by atoms with Crippen molar-refractivity contribution in [1.82, 2.24) is 4.72 Å². The maximum atomic E-state index is 11.8. The molecule has 18 heavy (non-hydrogen) atoms. The van der Waals surface area contributed by atoms with E-state index in [4.69, 9.17) is 10.4 Å². The average Bonchev–Trinajstić information content (AvgIpc) is 2.28. The highest BCUT2D eigenvalue weighted by molar-refractivity contribution is 7.88. The van der Waals surface area contributed by atoms with Crippen molar-refractivity contribution >= 4 is 10.0 Å². The molecule has 0 aliphatic heterocycles. The molecular formula is C12H16N2O3S. The van der Waals surface area contributed by atoms with E-state index in [0.717, 1.165) is 0 Å². The molecule has 0 radical (unpaired) electrons. The van der Waals surface area contributed by atoms with Gasteiger partial charge in [-0.3, -0.25) is 0 Å². The summed E-state index contributed by atoms with van der Waals surface area (Å²) in [6, 6.07) is 8.15. The minimum absolute atomic E-state index is 0.0619. The van der Waals surface area contributed by atoms with Crippen molar-refractivity contribution in [1.29, 1.82) is 5.26 Å². The number of aliphatic hydroxyl groups excluding tert-OH is 1. The zero-order chi connectivity index (χ0) is 13.6. The fraction of sp³-hybridized carbons (Fsp3) is 0.417. The number of rotatable bonds is 6. The number of aliphatic hydroxyl groups is 1. The van der Waals surface area contributed by atoms with Gasteiger partial charge in [0, 0.05) is 12.6 Å². The predicted molar refractivity (Wildman–Crippen MR) is 68.1 cm³/mol. The maximum absolute atomic E-state index is 11.8. The molecule has 1 rings (SSSR count). The minimum atomic E-state index is -3.45. The molecule has 1 atom stereocenters. The Morgan fingerprint density at radius 3 is 2.83 bits per heavy atom. The molecule has 98 valence electrons. The zero-order valence-electron chi connectivity index (χ0n) is 10.1. The summed E-state index contributed by atoms with van der Waals surface area (Å²) in [7, 11) is -3.45. The molecule has 0 aliphatic carbocycles. The lowest BCUT2D eigenvalue weighted by Gasteiger charge is -2.12. The quantitative estimate of drug-likeness (QED) is 0.796. The summed E-state index contributed by atoms with van der Waals surface area (Å²) in [5, 5.41) is 17.5. The van der Waals surface area contributed by atoms with Crippen LogP contribution >= 0.6 is 0 Å². The lowest BCUT2D eigenvalue weighted by atomic mass is 10.2. The molecule has 0 fully saturated rings. The van der Waals surface area contributed by atoms with Crippen LogP contribution < -0.4 is 4.72 Å². The van der Waals surface area contributed by atoms with E-state index >= 15 is 0 Å². The van der Waals surface area contributed by atoms with Crippen LogP contribution in [0.3, 0.4) is 0 Å². The summed E-state index contributed by atoms with van der Waals surface area (Å²) in [6.07, 6.45) is 0.372. The Hall–Kier alpha value is -1.42. The Bertz CT molecular complexity index is 534. The molecule has 1 aromatic rings. The lowest BCUT2D eigenvalue weighted by Crippen LogP contribution is -2.34. The van der Waals surface area contributed by atoms with Crippen LogP contribution in [0.2, 0.25) is 0 Å². The monoisotopic (exact) mass is 268 g/mol. The van der Waals surface area contributed by atoms with Crippen LogP contribution in [0.25, 0.3) is 0 Å². The van der Waals surface area contributed by atoms with Gasteiger partial charge in [-0.2, -0.15) is 5.26 Å². The Morgan fingerprint density at radius 2 is 2.22 bits per heavy atom. The van der Waals surface area contributed by atoms with Crippen LogP contribution in [0.5, 0.6) is 0 Å². The molecule has 5 nitrogen and oxygen atoms in total. The second-order valence-electron chi connectivity index (χ2n) is 4.10. The van der Waals surface area contributed by atoms with Crippen molar-refractivity contribution in [2.24, 2.45) is 0 Å². The number of benzene rings is 1. The smallest absolute Gasteiger partial charge is 0.216 e. The molecule has 0 aliphatic rings. The average molecular weight is 268 g/mol. The molecular weight excluding hydrogens is 252 g/mol. The molecule has 0 aromatic heterocycles. The second-order valence-corrected chi connectivity index (χ2v) is 5.86. The molecule has 0 saturated heterocycles. The van der Waals surface area contributed by atoms with Crippen molar-refractivity contribution in [3.05, 3.63) is 35.4 Å². The first-order chi connectivity index (χ1) is 8.46. The third kappa shape index (κ3) is 4.84. The summed E-state index contributed by atoms with van der Waals surface area (Å²) in [5.41, 5.74) is 1.00. The van der Waals surface area contributed by atoms with E-state index in [1.807, 2.05) is 6.07 Å². The number of nitrogens with one attached hydrogen (secondary N) is 1. The van der Waals surface area contributed by atoms with E-state index in [1.54, 1.807) is 31.2 Å². The Kier molecular flexibility index (Phi) is 5.28. The molecule has 0 spiro atoms. The van der Waals surface area contributed by atoms with Crippen LogP contribution in [0.15, 0.2) is 24.3 Å². The molecule has 2 N–H and O–H groups in total. The van der Waals surface area contributed by atoms with Crippen LogP contribution in [-0.4, -0.2) is 26.2 Å². The third-order valence-electron chi connectivity index (χ3n) is 2.36. The fourth-order valence-corrected chi connectivity index (χ4v) is 2.98. The van der Waals surface area contributed by atoms with Gasteiger partial charge in [0.15, 0.2) is 0 Å². The molecule has 0 heterocycles.